The molecular formula is C28H30N4O4. The summed E-state index contributed by atoms with van der Waals surface area (Å²) in [6.07, 6.45) is 2.63. The third-order valence-electron chi connectivity index (χ3n) is 6.79. The molecule has 0 fully saturated rings. The van der Waals surface area contributed by atoms with E-state index in [9.17, 15) is 9.59 Å². The van der Waals surface area contributed by atoms with Crippen molar-refractivity contribution in [2.45, 2.75) is 39.7 Å². The summed E-state index contributed by atoms with van der Waals surface area (Å²) in [7, 11) is 3.19. The number of hydrogen-bond acceptors (Lipinski definition) is 6. The molecule has 1 aliphatic heterocycles. The Morgan fingerprint density at radius 3 is 2.56 bits per heavy atom. The van der Waals surface area contributed by atoms with Crippen molar-refractivity contribution >= 4 is 23.2 Å². The number of nitrogens with one attached hydrogen (secondary N) is 2. The van der Waals surface area contributed by atoms with Crippen molar-refractivity contribution in [3.05, 3.63) is 76.6 Å². The van der Waals surface area contributed by atoms with Gasteiger partial charge < -0.3 is 20.1 Å². The Hall–Kier alpha value is -4.07. The lowest BCUT2D eigenvalue weighted by Crippen LogP contribution is -2.37. The molecule has 1 unspecified atom stereocenters. The highest BCUT2D eigenvalue weighted by Gasteiger charge is 2.43. The van der Waals surface area contributed by atoms with Crippen LogP contribution in [0.3, 0.4) is 0 Å². The number of allylic oxidation sites excluding steroid dienone is 2. The number of hydrogen-bond donors (Lipinski definition) is 2. The van der Waals surface area contributed by atoms with E-state index in [1.165, 1.54) is 0 Å². The predicted octanol–water partition coefficient (Wildman–Crippen LogP) is 5.12. The minimum absolute atomic E-state index is 0.0513. The van der Waals surface area contributed by atoms with Gasteiger partial charge in [-0.05, 0) is 49.1 Å². The number of anilines is 2. The highest BCUT2D eigenvalue weighted by atomic mass is 16.5. The van der Waals surface area contributed by atoms with Crippen LogP contribution in [0, 0.1) is 12.3 Å². The molecule has 2 aliphatic rings. The first-order chi connectivity index (χ1) is 17.2. The summed E-state index contributed by atoms with van der Waals surface area (Å²) in [4.78, 5) is 26.8. The fourth-order valence-corrected chi connectivity index (χ4v) is 5.05. The van der Waals surface area contributed by atoms with Gasteiger partial charge >= 0.3 is 0 Å². The van der Waals surface area contributed by atoms with Crippen molar-refractivity contribution in [1.29, 1.82) is 0 Å². The average Bonchev–Trinajstić information content (AvgIpc) is 3.26. The molecule has 0 saturated carbocycles. The van der Waals surface area contributed by atoms with Crippen molar-refractivity contribution in [3.63, 3.8) is 0 Å². The normalized spacial score (nSPS) is 18.1. The second-order valence-corrected chi connectivity index (χ2v) is 10.1. The number of Topliss-reactive ketones (excluding diaryl/α,β-unsaturated/α-hetero) is 1. The number of methoxy groups -OCH3 is 2. The number of aryl methyl sites for hydroxylation is 1. The molecule has 2 heterocycles. The highest BCUT2D eigenvalue weighted by molar-refractivity contribution is 6.08. The van der Waals surface area contributed by atoms with Gasteiger partial charge in [0.2, 0.25) is 0 Å². The summed E-state index contributed by atoms with van der Waals surface area (Å²) in [6, 6.07) is 12.6. The number of ether oxygens (including phenoxy) is 2. The number of benzene rings is 2. The number of aromatic nitrogens is 2. The van der Waals surface area contributed by atoms with Crippen LogP contribution in [0.2, 0.25) is 0 Å². The zero-order chi connectivity index (χ0) is 25.6. The monoisotopic (exact) mass is 486 g/mol. The van der Waals surface area contributed by atoms with Crippen LogP contribution in [0.1, 0.15) is 54.2 Å². The number of rotatable bonds is 5. The second kappa shape index (κ2) is 8.86. The summed E-state index contributed by atoms with van der Waals surface area (Å²) >= 11 is 0. The largest absolute Gasteiger partial charge is 0.497 e. The second-order valence-electron chi connectivity index (χ2n) is 10.1. The number of nitrogens with zero attached hydrogens (tertiary/aromatic N) is 2. The van der Waals surface area contributed by atoms with Gasteiger partial charge in [0.05, 0.1) is 20.4 Å². The first-order valence-corrected chi connectivity index (χ1v) is 11.9. The van der Waals surface area contributed by atoms with Gasteiger partial charge in [0, 0.05) is 28.9 Å². The van der Waals surface area contributed by atoms with Gasteiger partial charge in [-0.25, -0.2) is 4.68 Å². The van der Waals surface area contributed by atoms with Crippen LogP contribution in [0.25, 0.3) is 0 Å². The first kappa shape index (κ1) is 23.7. The summed E-state index contributed by atoms with van der Waals surface area (Å²) in [5.41, 5.74) is 4.18. The smallest absolute Gasteiger partial charge is 0.261 e. The third kappa shape index (κ3) is 4.12. The minimum Gasteiger partial charge on any atom is -0.497 e. The molecule has 5 rings (SSSR count). The summed E-state index contributed by atoms with van der Waals surface area (Å²) < 4.78 is 12.9. The Morgan fingerprint density at radius 2 is 1.86 bits per heavy atom. The van der Waals surface area contributed by atoms with E-state index in [0.29, 0.717) is 47.0 Å². The van der Waals surface area contributed by atoms with E-state index in [4.69, 9.17) is 9.47 Å². The van der Waals surface area contributed by atoms with E-state index in [2.05, 4.69) is 29.6 Å². The van der Waals surface area contributed by atoms with Crippen LogP contribution in [0.5, 0.6) is 11.5 Å². The fraction of sp³-hybridized carbons (Fsp3) is 0.321. The Bertz CT molecular complexity index is 1390. The van der Waals surface area contributed by atoms with Gasteiger partial charge in [0.25, 0.3) is 5.91 Å². The zero-order valence-corrected chi connectivity index (χ0v) is 21.1. The lowest BCUT2D eigenvalue weighted by atomic mass is 9.73. The molecule has 1 amide bonds. The van der Waals surface area contributed by atoms with Crippen molar-refractivity contribution in [1.82, 2.24) is 9.78 Å². The van der Waals surface area contributed by atoms with Crippen LogP contribution in [0.15, 0.2) is 59.9 Å². The number of carbonyl (C=O) groups is 2. The van der Waals surface area contributed by atoms with Crippen molar-refractivity contribution in [2.24, 2.45) is 5.41 Å². The fourth-order valence-electron chi connectivity index (χ4n) is 5.05. The third-order valence-corrected chi connectivity index (χ3v) is 6.79. The maximum Gasteiger partial charge on any atom is 0.261 e. The maximum atomic E-state index is 13.5. The number of carbonyl (C=O) groups excluding carboxylic acids is 2. The average molecular weight is 487 g/mol. The van der Waals surface area contributed by atoms with E-state index < -0.39 is 6.04 Å². The van der Waals surface area contributed by atoms with Crippen LogP contribution in [0.4, 0.5) is 11.5 Å². The van der Waals surface area contributed by atoms with Gasteiger partial charge in [0.15, 0.2) is 5.78 Å². The first-order valence-electron chi connectivity index (χ1n) is 11.9. The molecule has 0 spiro atoms. The van der Waals surface area contributed by atoms with Gasteiger partial charge in [-0.2, -0.15) is 5.10 Å². The van der Waals surface area contributed by atoms with E-state index in [1.54, 1.807) is 25.1 Å². The molecular weight excluding hydrogens is 456 g/mol. The van der Waals surface area contributed by atoms with Gasteiger partial charge in [-0.3, -0.25) is 9.59 Å². The summed E-state index contributed by atoms with van der Waals surface area (Å²) in [5, 5.41) is 11.0. The van der Waals surface area contributed by atoms with Crippen LogP contribution in [-0.4, -0.2) is 35.7 Å². The molecule has 3 aromatic rings. The SMILES string of the molecule is COc1ccc(OC)c(C2C3=C(CC(C)(C)CC3=O)Nc3c(C(=O)Nc4ccc(C)cc4)cnn32)c1. The maximum absolute atomic E-state index is 13.5. The quantitative estimate of drug-likeness (QED) is 0.520. The molecule has 0 bridgehead atoms. The Kier molecular flexibility index (Phi) is 5.82. The molecule has 0 radical (unpaired) electrons. The lowest BCUT2D eigenvalue weighted by Gasteiger charge is -2.39. The highest BCUT2D eigenvalue weighted by Crippen LogP contribution is 2.48. The Morgan fingerprint density at radius 1 is 1.11 bits per heavy atom. The zero-order valence-electron chi connectivity index (χ0n) is 21.1. The molecule has 2 aromatic carbocycles. The minimum atomic E-state index is -0.564. The molecule has 1 atom stereocenters. The van der Waals surface area contributed by atoms with Crippen LogP contribution >= 0.6 is 0 Å². The van der Waals surface area contributed by atoms with Crippen molar-refractivity contribution in [2.75, 3.05) is 24.9 Å². The van der Waals surface area contributed by atoms with Crippen LogP contribution < -0.4 is 20.1 Å². The molecule has 8 heteroatoms. The number of ketones is 1. The molecule has 8 nitrogen and oxygen atoms in total. The molecule has 1 aromatic heterocycles. The molecule has 186 valence electrons. The molecule has 0 saturated heterocycles. The van der Waals surface area contributed by atoms with E-state index >= 15 is 0 Å². The summed E-state index contributed by atoms with van der Waals surface area (Å²) in [6.45, 7) is 6.15. The van der Waals surface area contributed by atoms with Gasteiger partial charge in [-0.1, -0.05) is 31.5 Å². The van der Waals surface area contributed by atoms with E-state index in [0.717, 1.165) is 16.8 Å². The van der Waals surface area contributed by atoms with E-state index in [-0.39, 0.29) is 17.1 Å². The standard InChI is InChI=1S/C28H30N4O4/c1-16-6-8-17(9-7-16)30-27(34)20-15-29-32-25(19-12-18(35-4)10-11-23(19)36-5)24-21(31-26(20)32)13-28(2,3)14-22(24)33/h6-12,15,25,31H,13-14H2,1-5H3,(H,30,34). The van der Waals surface area contributed by atoms with Gasteiger partial charge in [-0.15, -0.1) is 0 Å². The lowest BCUT2D eigenvalue weighted by molar-refractivity contribution is -0.118. The number of amides is 1. The molecule has 1 aliphatic carbocycles. The van der Waals surface area contributed by atoms with E-state index in [1.807, 2.05) is 49.4 Å². The molecule has 2 N–H and O–H groups in total. The van der Waals surface area contributed by atoms with Gasteiger partial charge in [0.1, 0.15) is 28.9 Å². The topological polar surface area (TPSA) is 94.5 Å². The van der Waals surface area contributed by atoms with Crippen molar-refractivity contribution in [3.8, 4) is 11.5 Å². The molecule has 36 heavy (non-hydrogen) atoms. The Labute approximate surface area is 210 Å². The Balaban J connectivity index is 1.64. The summed E-state index contributed by atoms with van der Waals surface area (Å²) in [5.74, 6) is 1.56. The van der Waals surface area contributed by atoms with Crippen molar-refractivity contribution < 1.29 is 19.1 Å². The van der Waals surface area contributed by atoms with Crippen LogP contribution in [-0.2, 0) is 4.79 Å². The number of fused-ring (bicyclic) bond motifs is 1. The predicted molar refractivity (Wildman–Crippen MR) is 138 cm³/mol.